The van der Waals surface area contributed by atoms with Crippen LogP contribution in [0.5, 0.6) is 5.75 Å². The van der Waals surface area contributed by atoms with Crippen LogP contribution >= 0.6 is 0 Å². The first kappa shape index (κ1) is 19.4. The van der Waals surface area contributed by atoms with Gasteiger partial charge in [-0.2, -0.15) is 13.2 Å². The number of aromatic nitrogens is 3. The van der Waals surface area contributed by atoms with Crippen LogP contribution in [0, 0.1) is 6.92 Å². The summed E-state index contributed by atoms with van der Waals surface area (Å²) in [6.45, 7) is 1.34. The van der Waals surface area contributed by atoms with Crippen molar-refractivity contribution in [3.63, 3.8) is 0 Å². The molecule has 28 heavy (non-hydrogen) atoms. The molecule has 0 amide bonds. The average Bonchev–Trinajstić information content (AvgIpc) is 3.07. The van der Waals surface area contributed by atoms with E-state index in [-0.39, 0.29) is 17.9 Å². The fourth-order valence-electron chi connectivity index (χ4n) is 2.54. The number of rotatable bonds is 5. The van der Waals surface area contributed by atoms with Gasteiger partial charge >= 0.3 is 12.1 Å². The van der Waals surface area contributed by atoms with Gasteiger partial charge < -0.3 is 9.47 Å². The standard InChI is InChI=1S/C19H16F3N3O3/c1-12-17(23-24-25(12)15-6-8-16(27-2)9-7-15)18(26)28-11-13-4-3-5-14(10-13)19(20,21)22/h3-10H,11H2,1-2H3. The van der Waals surface area contributed by atoms with Gasteiger partial charge in [-0.05, 0) is 48.9 Å². The minimum absolute atomic E-state index is 0.0113. The molecule has 0 spiro atoms. The van der Waals surface area contributed by atoms with Crippen molar-refractivity contribution in [3.8, 4) is 11.4 Å². The Balaban J connectivity index is 1.72. The maximum absolute atomic E-state index is 12.8. The zero-order chi connectivity index (χ0) is 20.3. The topological polar surface area (TPSA) is 66.2 Å². The van der Waals surface area contributed by atoms with Crippen molar-refractivity contribution >= 4 is 5.97 Å². The van der Waals surface area contributed by atoms with Crippen LogP contribution in [0.2, 0.25) is 0 Å². The van der Waals surface area contributed by atoms with Crippen molar-refractivity contribution in [2.45, 2.75) is 19.7 Å². The van der Waals surface area contributed by atoms with Gasteiger partial charge in [0, 0.05) is 0 Å². The van der Waals surface area contributed by atoms with Gasteiger partial charge in [-0.3, -0.25) is 0 Å². The van der Waals surface area contributed by atoms with E-state index >= 15 is 0 Å². The SMILES string of the molecule is COc1ccc(-n2nnc(C(=O)OCc3cccc(C(F)(F)F)c3)c2C)cc1. The molecule has 0 fully saturated rings. The number of hydrogen-bond donors (Lipinski definition) is 0. The van der Waals surface area contributed by atoms with Gasteiger partial charge in [0.1, 0.15) is 12.4 Å². The number of ether oxygens (including phenoxy) is 2. The van der Waals surface area contributed by atoms with E-state index in [0.29, 0.717) is 17.1 Å². The highest BCUT2D eigenvalue weighted by Gasteiger charge is 2.30. The third kappa shape index (κ3) is 4.13. The van der Waals surface area contributed by atoms with Crippen molar-refractivity contribution in [2.24, 2.45) is 0 Å². The lowest BCUT2D eigenvalue weighted by molar-refractivity contribution is -0.137. The van der Waals surface area contributed by atoms with Crippen LogP contribution in [0.4, 0.5) is 13.2 Å². The summed E-state index contributed by atoms with van der Waals surface area (Å²) in [7, 11) is 1.55. The van der Waals surface area contributed by atoms with Crippen LogP contribution in [-0.2, 0) is 17.5 Å². The molecular weight excluding hydrogens is 375 g/mol. The summed E-state index contributed by atoms with van der Waals surface area (Å²) >= 11 is 0. The molecule has 3 rings (SSSR count). The summed E-state index contributed by atoms with van der Waals surface area (Å²) in [6, 6.07) is 11.6. The lowest BCUT2D eigenvalue weighted by Gasteiger charge is -2.09. The molecule has 0 bridgehead atoms. The van der Waals surface area contributed by atoms with E-state index in [0.717, 1.165) is 12.1 Å². The third-order valence-electron chi connectivity index (χ3n) is 4.03. The molecule has 0 saturated carbocycles. The van der Waals surface area contributed by atoms with Gasteiger partial charge in [0.2, 0.25) is 0 Å². The Kier molecular flexibility index (Phi) is 5.34. The lowest BCUT2D eigenvalue weighted by Crippen LogP contribution is -2.09. The van der Waals surface area contributed by atoms with Gasteiger partial charge in [0.05, 0.1) is 24.1 Å². The Morgan fingerprint density at radius 1 is 1.14 bits per heavy atom. The molecule has 0 aliphatic carbocycles. The van der Waals surface area contributed by atoms with E-state index < -0.39 is 17.7 Å². The van der Waals surface area contributed by atoms with E-state index in [1.165, 1.54) is 16.8 Å². The predicted molar refractivity (Wildman–Crippen MR) is 93.2 cm³/mol. The van der Waals surface area contributed by atoms with Gasteiger partial charge in [0.15, 0.2) is 5.69 Å². The van der Waals surface area contributed by atoms with Crippen LogP contribution in [0.3, 0.4) is 0 Å². The number of carbonyl (C=O) groups excluding carboxylic acids is 1. The number of halogens is 3. The third-order valence-corrected chi connectivity index (χ3v) is 4.03. The fourth-order valence-corrected chi connectivity index (χ4v) is 2.54. The van der Waals surface area contributed by atoms with Gasteiger partial charge in [0.25, 0.3) is 0 Å². The second-order valence-corrected chi connectivity index (χ2v) is 5.91. The minimum Gasteiger partial charge on any atom is -0.497 e. The first-order chi connectivity index (χ1) is 13.3. The number of benzene rings is 2. The van der Waals surface area contributed by atoms with Crippen LogP contribution in [0.15, 0.2) is 48.5 Å². The summed E-state index contributed by atoms with van der Waals surface area (Å²) in [4.78, 5) is 12.3. The lowest BCUT2D eigenvalue weighted by atomic mass is 10.1. The largest absolute Gasteiger partial charge is 0.497 e. The summed E-state index contributed by atoms with van der Waals surface area (Å²) in [5.41, 5.74) is 0.524. The van der Waals surface area contributed by atoms with Crippen molar-refractivity contribution in [1.82, 2.24) is 15.0 Å². The molecule has 1 heterocycles. The molecule has 3 aromatic rings. The average molecular weight is 391 g/mol. The van der Waals surface area contributed by atoms with Gasteiger partial charge in [-0.1, -0.05) is 17.3 Å². The van der Waals surface area contributed by atoms with Crippen LogP contribution < -0.4 is 4.74 Å². The van der Waals surface area contributed by atoms with E-state index in [1.54, 1.807) is 38.3 Å². The molecule has 1 aromatic heterocycles. The minimum atomic E-state index is -4.46. The quantitative estimate of drug-likeness (QED) is 0.616. The highest BCUT2D eigenvalue weighted by atomic mass is 19.4. The molecule has 0 N–H and O–H groups in total. The number of carbonyl (C=O) groups is 1. The smallest absolute Gasteiger partial charge is 0.416 e. The highest BCUT2D eigenvalue weighted by molar-refractivity contribution is 5.88. The van der Waals surface area contributed by atoms with Crippen LogP contribution in [-0.4, -0.2) is 28.1 Å². The van der Waals surface area contributed by atoms with Crippen molar-refractivity contribution < 1.29 is 27.4 Å². The van der Waals surface area contributed by atoms with E-state index in [4.69, 9.17) is 9.47 Å². The number of nitrogens with zero attached hydrogens (tertiary/aromatic N) is 3. The van der Waals surface area contributed by atoms with Crippen molar-refractivity contribution in [2.75, 3.05) is 7.11 Å². The fraction of sp³-hybridized carbons (Fsp3) is 0.211. The van der Waals surface area contributed by atoms with Crippen LogP contribution in [0.25, 0.3) is 5.69 Å². The number of methoxy groups -OCH3 is 1. The molecule has 0 atom stereocenters. The Bertz CT molecular complexity index is 982. The van der Waals surface area contributed by atoms with Crippen LogP contribution in [0.1, 0.15) is 27.3 Å². The first-order valence-corrected chi connectivity index (χ1v) is 8.19. The molecule has 2 aromatic carbocycles. The highest BCUT2D eigenvalue weighted by Crippen LogP contribution is 2.29. The molecule has 146 valence electrons. The second kappa shape index (κ2) is 7.71. The molecular formula is C19H16F3N3O3. The Morgan fingerprint density at radius 3 is 2.50 bits per heavy atom. The monoisotopic (exact) mass is 391 g/mol. The normalized spacial score (nSPS) is 11.3. The Morgan fingerprint density at radius 2 is 1.86 bits per heavy atom. The number of esters is 1. The summed E-state index contributed by atoms with van der Waals surface area (Å²) < 4.78 is 49.9. The van der Waals surface area contributed by atoms with E-state index in [1.807, 2.05) is 0 Å². The Labute approximate surface area is 158 Å². The number of hydrogen-bond acceptors (Lipinski definition) is 5. The Hall–Kier alpha value is -3.36. The maximum atomic E-state index is 12.8. The van der Waals surface area contributed by atoms with Gasteiger partial charge in [-0.25, -0.2) is 9.48 Å². The summed E-state index contributed by atoms with van der Waals surface area (Å²) in [5, 5.41) is 7.77. The summed E-state index contributed by atoms with van der Waals surface area (Å²) in [6.07, 6.45) is -4.46. The summed E-state index contributed by atoms with van der Waals surface area (Å²) in [5.74, 6) is -0.100. The predicted octanol–water partition coefficient (Wildman–Crippen LogP) is 3.96. The van der Waals surface area contributed by atoms with Crippen molar-refractivity contribution in [1.29, 1.82) is 0 Å². The first-order valence-electron chi connectivity index (χ1n) is 8.19. The number of alkyl halides is 3. The molecule has 0 unspecified atom stereocenters. The zero-order valence-electron chi connectivity index (χ0n) is 15.0. The van der Waals surface area contributed by atoms with Crippen molar-refractivity contribution in [3.05, 3.63) is 71.0 Å². The van der Waals surface area contributed by atoms with E-state index in [9.17, 15) is 18.0 Å². The zero-order valence-corrected chi connectivity index (χ0v) is 15.0. The molecule has 0 aliphatic rings. The molecule has 6 nitrogen and oxygen atoms in total. The molecule has 0 radical (unpaired) electrons. The molecule has 9 heteroatoms. The van der Waals surface area contributed by atoms with Gasteiger partial charge in [-0.15, -0.1) is 5.10 Å². The van der Waals surface area contributed by atoms with E-state index in [2.05, 4.69) is 10.3 Å². The second-order valence-electron chi connectivity index (χ2n) is 5.91. The maximum Gasteiger partial charge on any atom is 0.416 e. The molecule has 0 saturated heterocycles. The molecule has 0 aliphatic heterocycles.